The Hall–Kier alpha value is -1.71. The molecule has 4 heteroatoms. The van der Waals surface area contributed by atoms with Crippen molar-refractivity contribution < 1.29 is 19.4 Å². The van der Waals surface area contributed by atoms with Gasteiger partial charge in [-0.15, -0.1) is 0 Å². The van der Waals surface area contributed by atoms with E-state index >= 15 is 0 Å². The summed E-state index contributed by atoms with van der Waals surface area (Å²) < 4.78 is 11.7. The zero-order valence-corrected chi connectivity index (χ0v) is 10.6. The van der Waals surface area contributed by atoms with Crippen LogP contribution in [0.5, 0.6) is 11.5 Å². The molecule has 0 saturated heterocycles. The van der Waals surface area contributed by atoms with Gasteiger partial charge in [0.1, 0.15) is 0 Å². The predicted octanol–water partition coefficient (Wildman–Crippen LogP) is 2.84. The molecule has 1 aliphatic heterocycles. The van der Waals surface area contributed by atoms with Crippen molar-refractivity contribution in [2.75, 3.05) is 0 Å². The summed E-state index contributed by atoms with van der Waals surface area (Å²) in [5, 5.41) is 9.47. The lowest BCUT2D eigenvalue weighted by atomic mass is 9.64. The average Bonchev–Trinajstić information content (AvgIpc) is 2.65. The third kappa shape index (κ3) is 1.37. The molecule has 2 saturated carbocycles. The maximum atomic E-state index is 11.5. The van der Waals surface area contributed by atoms with Crippen LogP contribution in [-0.2, 0) is 10.2 Å². The maximum Gasteiger partial charge on any atom is 0.314 e. The third-order valence-electron chi connectivity index (χ3n) is 4.82. The first kappa shape index (κ1) is 11.1. The van der Waals surface area contributed by atoms with E-state index < -0.39 is 17.2 Å². The molecule has 0 unspecified atom stereocenters. The summed E-state index contributed by atoms with van der Waals surface area (Å²) >= 11 is 0. The second kappa shape index (κ2) is 3.44. The summed E-state index contributed by atoms with van der Waals surface area (Å²) in [5.41, 5.74) is 0.151. The van der Waals surface area contributed by atoms with Gasteiger partial charge in [0, 0.05) is 12.8 Å². The van der Waals surface area contributed by atoms with Gasteiger partial charge in [-0.05, 0) is 37.0 Å². The molecule has 1 aromatic carbocycles. The molecule has 4 rings (SSSR count). The van der Waals surface area contributed by atoms with E-state index in [0.29, 0.717) is 18.6 Å². The molecule has 0 aromatic heterocycles. The van der Waals surface area contributed by atoms with Crippen molar-refractivity contribution >= 4 is 5.97 Å². The van der Waals surface area contributed by atoms with Crippen LogP contribution in [0.3, 0.4) is 0 Å². The van der Waals surface area contributed by atoms with Crippen LogP contribution in [0.25, 0.3) is 0 Å². The van der Waals surface area contributed by atoms with E-state index in [-0.39, 0.29) is 0 Å². The highest BCUT2D eigenvalue weighted by atomic mass is 16.7. The van der Waals surface area contributed by atoms with E-state index in [1.54, 1.807) is 0 Å². The SMILES string of the molecule is O=C(O)C1(c2ccc3c(c2)OC2(CCC2)O3)CCC1. The summed E-state index contributed by atoms with van der Waals surface area (Å²) in [7, 11) is 0. The lowest BCUT2D eigenvalue weighted by molar-refractivity contribution is -0.147. The Balaban J connectivity index is 1.70. The van der Waals surface area contributed by atoms with Crippen LogP contribution in [0.1, 0.15) is 44.1 Å². The Morgan fingerprint density at radius 2 is 1.74 bits per heavy atom. The second-order valence-electron chi connectivity index (χ2n) is 5.87. The Labute approximate surface area is 111 Å². The highest BCUT2D eigenvalue weighted by Crippen LogP contribution is 2.51. The molecular weight excluding hydrogens is 244 g/mol. The predicted molar refractivity (Wildman–Crippen MR) is 67.4 cm³/mol. The van der Waals surface area contributed by atoms with Crippen molar-refractivity contribution in [1.29, 1.82) is 0 Å². The number of ether oxygens (including phenoxy) is 2. The van der Waals surface area contributed by atoms with Crippen LogP contribution in [0.4, 0.5) is 0 Å². The number of fused-ring (bicyclic) bond motifs is 1. The topological polar surface area (TPSA) is 55.8 Å². The van der Waals surface area contributed by atoms with Gasteiger partial charge in [0.05, 0.1) is 5.41 Å². The molecule has 100 valence electrons. The number of hydrogen-bond donors (Lipinski definition) is 1. The van der Waals surface area contributed by atoms with E-state index in [1.807, 2.05) is 18.2 Å². The first-order valence-electron chi connectivity index (χ1n) is 6.90. The molecule has 1 N–H and O–H groups in total. The van der Waals surface area contributed by atoms with Gasteiger partial charge in [0.25, 0.3) is 5.79 Å². The molecule has 0 radical (unpaired) electrons. The van der Waals surface area contributed by atoms with Crippen LogP contribution in [0, 0.1) is 0 Å². The van der Waals surface area contributed by atoms with Crippen LogP contribution in [0.15, 0.2) is 18.2 Å². The zero-order valence-electron chi connectivity index (χ0n) is 10.6. The van der Waals surface area contributed by atoms with E-state index in [9.17, 15) is 9.90 Å². The highest BCUT2D eigenvalue weighted by Gasteiger charge is 2.49. The molecule has 4 nitrogen and oxygen atoms in total. The van der Waals surface area contributed by atoms with Gasteiger partial charge < -0.3 is 14.6 Å². The van der Waals surface area contributed by atoms with Crippen molar-refractivity contribution in [2.24, 2.45) is 0 Å². The molecule has 2 fully saturated rings. The molecule has 1 heterocycles. The van der Waals surface area contributed by atoms with E-state index in [2.05, 4.69) is 0 Å². The van der Waals surface area contributed by atoms with Crippen molar-refractivity contribution in [3.8, 4) is 11.5 Å². The number of benzene rings is 1. The maximum absolute atomic E-state index is 11.5. The Morgan fingerprint density at radius 1 is 1.05 bits per heavy atom. The number of carboxylic acid groups (broad SMARTS) is 1. The molecule has 19 heavy (non-hydrogen) atoms. The van der Waals surface area contributed by atoms with Crippen molar-refractivity contribution in [3.05, 3.63) is 23.8 Å². The fourth-order valence-corrected chi connectivity index (χ4v) is 3.22. The van der Waals surface area contributed by atoms with E-state index in [0.717, 1.165) is 37.0 Å². The van der Waals surface area contributed by atoms with Gasteiger partial charge in [-0.3, -0.25) is 4.79 Å². The Bertz CT molecular complexity index is 555. The first-order valence-corrected chi connectivity index (χ1v) is 6.90. The number of hydrogen-bond acceptors (Lipinski definition) is 3. The van der Waals surface area contributed by atoms with Gasteiger partial charge in [-0.1, -0.05) is 12.5 Å². The van der Waals surface area contributed by atoms with Gasteiger partial charge in [-0.2, -0.15) is 0 Å². The quantitative estimate of drug-likeness (QED) is 0.888. The lowest BCUT2D eigenvalue weighted by Crippen LogP contribution is -2.45. The molecule has 0 amide bonds. The average molecular weight is 260 g/mol. The second-order valence-corrected chi connectivity index (χ2v) is 5.87. The summed E-state index contributed by atoms with van der Waals surface area (Å²) in [5.74, 6) is 0.292. The van der Waals surface area contributed by atoms with Crippen molar-refractivity contribution in [2.45, 2.75) is 49.7 Å². The largest absolute Gasteiger partial charge is 0.481 e. The Kier molecular flexibility index (Phi) is 2.02. The van der Waals surface area contributed by atoms with Crippen molar-refractivity contribution in [1.82, 2.24) is 0 Å². The molecule has 0 bridgehead atoms. The fraction of sp³-hybridized carbons (Fsp3) is 0.533. The van der Waals surface area contributed by atoms with Crippen LogP contribution in [0.2, 0.25) is 0 Å². The standard InChI is InChI=1S/C15H16O4/c16-13(17)14(5-1-6-14)10-3-4-11-12(9-10)19-15(18-11)7-2-8-15/h3-4,9H,1-2,5-8H2,(H,16,17). The highest BCUT2D eigenvalue weighted by molar-refractivity contribution is 5.83. The minimum Gasteiger partial charge on any atom is -0.481 e. The molecular formula is C15H16O4. The monoisotopic (exact) mass is 260 g/mol. The van der Waals surface area contributed by atoms with Gasteiger partial charge in [-0.25, -0.2) is 0 Å². The lowest BCUT2D eigenvalue weighted by Gasteiger charge is -2.38. The zero-order chi connectivity index (χ0) is 13.1. The number of aliphatic carboxylic acids is 1. The van der Waals surface area contributed by atoms with Gasteiger partial charge in [0.15, 0.2) is 11.5 Å². The van der Waals surface area contributed by atoms with Crippen LogP contribution in [-0.4, -0.2) is 16.9 Å². The first-order chi connectivity index (χ1) is 9.14. The van der Waals surface area contributed by atoms with Crippen LogP contribution >= 0.6 is 0 Å². The number of carbonyl (C=O) groups is 1. The minimum atomic E-state index is -0.726. The van der Waals surface area contributed by atoms with Gasteiger partial charge >= 0.3 is 5.97 Å². The van der Waals surface area contributed by atoms with E-state index in [4.69, 9.17) is 9.47 Å². The third-order valence-corrected chi connectivity index (χ3v) is 4.82. The summed E-state index contributed by atoms with van der Waals surface area (Å²) in [6.45, 7) is 0. The Morgan fingerprint density at radius 3 is 2.26 bits per heavy atom. The minimum absolute atomic E-state index is 0.447. The molecule has 2 aliphatic carbocycles. The smallest absolute Gasteiger partial charge is 0.314 e. The van der Waals surface area contributed by atoms with Crippen LogP contribution < -0.4 is 9.47 Å². The van der Waals surface area contributed by atoms with E-state index in [1.165, 1.54) is 0 Å². The number of rotatable bonds is 2. The molecule has 1 aromatic rings. The summed E-state index contributed by atoms with van der Waals surface area (Å²) in [6, 6.07) is 5.61. The molecule has 3 aliphatic rings. The molecule has 1 spiro atoms. The number of carboxylic acids is 1. The van der Waals surface area contributed by atoms with Gasteiger partial charge in [0.2, 0.25) is 0 Å². The normalized spacial score (nSPS) is 24.6. The molecule has 0 atom stereocenters. The summed E-state index contributed by atoms with van der Waals surface area (Å²) in [6.07, 6.45) is 5.37. The summed E-state index contributed by atoms with van der Waals surface area (Å²) in [4.78, 5) is 11.5. The fourth-order valence-electron chi connectivity index (χ4n) is 3.22. The van der Waals surface area contributed by atoms with Crippen molar-refractivity contribution in [3.63, 3.8) is 0 Å².